The maximum absolute atomic E-state index is 11.8. The van der Waals surface area contributed by atoms with Crippen molar-refractivity contribution in [3.8, 4) is 0 Å². The topological polar surface area (TPSA) is 42.7 Å². The molecule has 0 unspecified atom stereocenters. The summed E-state index contributed by atoms with van der Waals surface area (Å²) in [5, 5.41) is 1.89. The van der Waals surface area contributed by atoms with Crippen molar-refractivity contribution in [2.24, 2.45) is 0 Å². The van der Waals surface area contributed by atoms with Crippen LogP contribution in [0.25, 0.3) is 6.08 Å². The molecule has 0 amide bonds. The van der Waals surface area contributed by atoms with Crippen LogP contribution in [0.3, 0.4) is 0 Å². The number of hydrogen-bond acceptors (Lipinski definition) is 5. The molecule has 0 N–H and O–H groups in total. The van der Waals surface area contributed by atoms with E-state index < -0.39 is 0 Å². The predicted octanol–water partition coefficient (Wildman–Crippen LogP) is 3.07. The minimum absolute atomic E-state index is 0.00400. The van der Waals surface area contributed by atoms with Gasteiger partial charge in [0.05, 0.1) is 18.1 Å². The van der Waals surface area contributed by atoms with Crippen molar-refractivity contribution >= 4 is 29.1 Å². The van der Waals surface area contributed by atoms with E-state index in [4.69, 9.17) is 9.15 Å². The summed E-state index contributed by atoms with van der Waals surface area (Å²) in [5.74, 6) is 1.53. The minimum Gasteiger partial charge on any atom is -0.441 e. The molecule has 104 valence electrons. The van der Waals surface area contributed by atoms with Crippen molar-refractivity contribution in [2.45, 2.75) is 0 Å². The third-order valence-electron chi connectivity index (χ3n) is 3.10. The van der Waals surface area contributed by atoms with Crippen LogP contribution < -0.4 is 4.90 Å². The first-order chi connectivity index (χ1) is 9.83. The molecule has 5 heteroatoms. The molecule has 20 heavy (non-hydrogen) atoms. The quantitative estimate of drug-likeness (QED) is 0.641. The molecule has 0 bridgehead atoms. The van der Waals surface area contributed by atoms with Crippen LogP contribution in [0.15, 0.2) is 40.1 Å². The molecular weight excluding hydrogens is 274 g/mol. The molecule has 1 fully saturated rings. The van der Waals surface area contributed by atoms with E-state index in [-0.39, 0.29) is 5.78 Å². The van der Waals surface area contributed by atoms with Gasteiger partial charge in [-0.25, -0.2) is 0 Å². The van der Waals surface area contributed by atoms with Crippen LogP contribution in [0.1, 0.15) is 15.4 Å². The molecule has 0 saturated carbocycles. The van der Waals surface area contributed by atoms with Crippen LogP contribution in [0.4, 0.5) is 5.88 Å². The van der Waals surface area contributed by atoms with Gasteiger partial charge in [0.15, 0.2) is 11.7 Å². The van der Waals surface area contributed by atoms with Crippen LogP contribution in [0.2, 0.25) is 0 Å². The van der Waals surface area contributed by atoms with Crippen LogP contribution in [0.5, 0.6) is 0 Å². The number of carbonyl (C=O) groups excluding carboxylic acids is 1. The monoisotopic (exact) mass is 289 g/mol. The van der Waals surface area contributed by atoms with Crippen LogP contribution in [-0.4, -0.2) is 32.1 Å². The Morgan fingerprint density at radius 1 is 1.25 bits per heavy atom. The van der Waals surface area contributed by atoms with Crippen molar-refractivity contribution in [3.05, 3.63) is 46.4 Å². The Labute approximate surface area is 121 Å². The second-order valence-corrected chi connectivity index (χ2v) is 5.40. The van der Waals surface area contributed by atoms with Crippen LogP contribution in [0, 0.1) is 0 Å². The average Bonchev–Trinajstić information content (AvgIpc) is 3.17. The molecular formula is C15H15NO3S. The van der Waals surface area contributed by atoms with Gasteiger partial charge in [0.2, 0.25) is 0 Å². The molecule has 3 rings (SSSR count). The smallest absolute Gasteiger partial charge is 0.196 e. The fourth-order valence-corrected chi connectivity index (χ4v) is 2.69. The maximum atomic E-state index is 11.8. The lowest BCUT2D eigenvalue weighted by atomic mass is 10.3. The third-order valence-corrected chi connectivity index (χ3v) is 3.98. The average molecular weight is 289 g/mol. The summed E-state index contributed by atoms with van der Waals surface area (Å²) in [6.45, 7) is 3.13. The number of hydrogen-bond donors (Lipinski definition) is 0. The Morgan fingerprint density at radius 3 is 2.85 bits per heavy atom. The largest absolute Gasteiger partial charge is 0.441 e. The molecule has 4 nitrogen and oxygen atoms in total. The number of allylic oxidation sites excluding steroid dienone is 1. The van der Waals surface area contributed by atoms with E-state index in [1.54, 1.807) is 12.2 Å². The van der Waals surface area contributed by atoms with Gasteiger partial charge in [0, 0.05) is 19.2 Å². The van der Waals surface area contributed by atoms with E-state index in [9.17, 15) is 4.79 Å². The van der Waals surface area contributed by atoms with Gasteiger partial charge < -0.3 is 14.1 Å². The van der Waals surface area contributed by atoms with Gasteiger partial charge in [0.1, 0.15) is 5.76 Å². The molecule has 0 aromatic carbocycles. The van der Waals surface area contributed by atoms with Gasteiger partial charge in [0.25, 0.3) is 0 Å². The zero-order valence-electron chi connectivity index (χ0n) is 11.0. The lowest BCUT2D eigenvalue weighted by molar-refractivity contribution is 0.105. The molecule has 1 aliphatic rings. The second-order valence-electron chi connectivity index (χ2n) is 4.45. The second kappa shape index (κ2) is 6.07. The SMILES string of the molecule is O=C(/C=C/c1ccc(N2CCOCC2)o1)c1cccs1. The highest BCUT2D eigenvalue weighted by Gasteiger charge is 2.14. The zero-order chi connectivity index (χ0) is 13.8. The van der Waals surface area contributed by atoms with Crippen molar-refractivity contribution < 1.29 is 13.9 Å². The molecule has 0 spiro atoms. The van der Waals surface area contributed by atoms with Crippen LogP contribution in [-0.2, 0) is 4.74 Å². The molecule has 0 radical (unpaired) electrons. The molecule has 1 aliphatic heterocycles. The number of ether oxygens (including phenoxy) is 1. The van der Waals surface area contributed by atoms with Crippen LogP contribution >= 0.6 is 11.3 Å². The summed E-state index contributed by atoms with van der Waals surface area (Å²) in [6.07, 6.45) is 3.26. The highest BCUT2D eigenvalue weighted by Crippen LogP contribution is 2.21. The standard InChI is InChI=1S/C15H15NO3S/c17-13(14-2-1-11-20-14)5-3-12-4-6-15(19-12)16-7-9-18-10-8-16/h1-6,11H,7-10H2/b5-3+. The summed E-state index contributed by atoms with van der Waals surface area (Å²) in [6, 6.07) is 7.50. The summed E-state index contributed by atoms with van der Waals surface area (Å²) in [5.41, 5.74) is 0. The Bertz CT molecular complexity index is 594. The van der Waals surface area contributed by atoms with Gasteiger partial charge in [-0.1, -0.05) is 6.07 Å². The fourth-order valence-electron chi connectivity index (χ4n) is 2.04. The van der Waals surface area contributed by atoms with Gasteiger partial charge in [-0.3, -0.25) is 4.79 Å². The fraction of sp³-hybridized carbons (Fsp3) is 0.267. The Hall–Kier alpha value is -1.85. The number of anilines is 1. The first-order valence-electron chi connectivity index (χ1n) is 6.51. The third kappa shape index (κ3) is 3.00. The molecule has 0 atom stereocenters. The highest BCUT2D eigenvalue weighted by atomic mass is 32.1. The van der Waals surface area contributed by atoms with Crippen molar-refractivity contribution in [1.29, 1.82) is 0 Å². The molecule has 3 heterocycles. The summed E-state index contributed by atoms with van der Waals surface area (Å²) in [4.78, 5) is 14.7. The van der Waals surface area contributed by atoms with Gasteiger partial charge in [-0.2, -0.15) is 0 Å². The number of thiophene rings is 1. The van der Waals surface area contributed by atoms with E-state index >= 15 is 0 Å². The predicted molar refractivity (Wildman–Crippen MR) is 79.4 cm³/mol. The molecule has 2 aromatic rings. The normalized spacial score (nSPS) is 15.9. The number of nitrogens with zero attached hydrogens (tertiary/aromatic N) is 1. The van der Waals surface area contributed by atoms with E-state index in [0.29, 0.717) is 5.76 Å². The zero-order valence-corrected chi connectivity index (χ0v) is 11.8. The Morgan fingerprint density at radius 2 is 2.10 bits per heavy atom. The van der Waals surface area contributed by atoms with Crippen molar-refractivity contribution in [2.75, 3.05) is 31.2 Å². The van der Waals surface area contributed by atoms with Gasteiger partial charge >= 0.3 is 0 Å². The molecule has 2 aromatic heterocycles. The van der Waals surface area contributed by atoms with Crippen molar-refractivity contribution in [1.82, 2.24) is 0 Å². The maximum Gasteiger partial charge on any atom is 0.196 e. The van der Waals surface area contributed by atoms with Crippen molar-refractivity contribution in [3.63, 3.8) is 0 Å². The Balaban J connectivity index is 1.66. The molecule has 1 saturated heterocycles. The first-order valence-corrected chi connectivity index (χ1v) is 7.39. The lowest BCUT2D eigenvalue weighted by Crippen LogP contribution is -2.35. The number of ketones is 1. The number of carbonyl (C=O) groups is 1. The Kier molecular flexibility index (Phi) is 3.99. The van der Waals surface area contributed by atoms with Gasteiger partial charge in [-0.15, -0.1) is 11.3 Å². The summed E-state index contributed by atoms with van der Waals surface area (Å²) in [7, 11) is 0. The van der Waals surface area contributed by atoms with E-state index in [1.807, 2.05) is 29.6 Å². The lowest BCUT2D eigenvalue weighted by Gasteiger charge is -2.26. The number of rotatable bonds is 4. The highest BCUT2D eigenvalue weighted by molar-refractivity contribution is 7.12. The minimum atomic E-state index is 0.00400. The summed E-state index contributed by atoms with van der Waals surface area (Å²) < 4.78 is 11.0. The molecule has 0 aliphatic carbocycles. The first kappa shape index (κ1) is 13.1. The number of furan rings is 1. The van der Waals surface area contributed by atoms with E-state index in [2.05, 4.69) is 4.90 Å². The number of morpholine rings is 1. The van der Waals surface area contributed by atoms with E-state index in [1.165, 1.54) is 11.3 Å². The summed E-state index contributed by atoms with van der Waals surface area (Å²) >= 11 is 1.44. The van der Waals surface area contributed by atoms with E-state index in [0.717, 1.165) is 37.1 Å². The van der Waals surface area contributed by atoms with Gasteiger partial charge in [-0.05, 0) is 29.7 Å².